The van der Waals surface area contributed by atoms with Gasteiger partial charge >= 0.3 is 0 Å². The molecule has 6 nitrogen and oxygen atoms in total. The first-order chi connectivity index (χ1) is 9.65. The summed E-state index contributed by atoms with van der Waals surface area (Å²) in [4.78, 5) is 14.0. The molecule has 0 spiro atoms. The molecular formula is C14H17N5O. The first-order valence-corrected chi connectivity index (χ1v) is 6.67. The molecular weight excluding hydrogens is 254 g/mol. The number of nitrogens with two attached hydrogens (primary N) is 1. The fraction of sp³-hybridized carbons (Fsp3) is 0.357. The number of hydrogen-bond donors (Lipinski definition) is 1. The molecule has 6 heteroatoms. The molecule has 2 aromatic rings. The Labute approximate surface area is 117 Å². The van der Waals surface area contributed by atoms with Crippen LogP contribution in [0.25, 0.3) is 0 Å². The number of amides is 1. The molecule has 1 aromatic heterocycles. The molecule has 0 radical (unpaired) electrons. The monoisotopic (exact) mass is 271 g/mol. The summed E-state index contributed by atoms with van der Waals surface area (Å²) in [5.74, 6) is 1.83. The van der Waals surface area contributed by atoms with E-state index in [9.17, 15) is 4.79 Å². The number of hydrogen-bond acceptors (Lipinski definition) is 4. The largest absolute Gasteiger partial charge is 0.399 e. The second-order valence-corrected chi connectivity index (χ2v) is 5.07. The summed E-state index contributed by atoms with van der Waals surface area (Å²) < 4.78 is 2.10. The molecule has 1 aliphatic rings. The Kier molecular flexibility index (Phi) is 3.14. The molecule has 104 valence electrons. The Balaban J connectivity index is 1.74. The number of nitrogen functional groups attached to an aromatic ring is 1. The second kappa shape index (κ2) is 4.96. The molecule has 0 fully saturated rings. The number of rotatable bonds is 3. The number of fused-ring (bicyclic) bond motifs is 1. The van der Waals surface area contributed by atoms with E-state index >= 15 is 0 Å². The lowest BCUT2D eigenvalue weighted by atomic mass is 10.2. The normalized spacial score (nSPS) is 13.2. The third-order valence-electron chi connectivity index (χ3n) is 3.57. The van der Waals surface area contributed by atoms with E-state index in [-0.39, 0.29) is 5.91 Å². The van der Waals surface area contributed by atoms with Crippen LogP contribution in [0.4, 0.5) is 5.69 Å². The van der Waals surface area contributed by atoms with Crippen molar-refractivity contribution in [2.24, 2.45) is 0 Å². The van der Waals surface area contributed by atoms with E-state index in [2.05, 4.69) is 14.8 Å². The number of carbonyl (C=O) groups is 1. The lowest BCUT2D eigenvalue weighted by Gasteiger charge is -2.17. The lowest BCUT2D eigenvalue weighted by Crippen LogP contribution is -2.27. The van der Waals surface area contributed by atoms with Crippen molar-refractivity contribution in [2.75, 3.05) is 12.8 Å². The van der Waals surface area contributed by atoms with Crippen molar-refractivity contribution in [1.29, 1.82) is 0 Å². The molecule has 0 atom stereocenters. The summed E-state index contributed by atoms with van der Waals surface area (Å²) in [7, 11) is 1.77. The van der Waals surface area contributed by atoms with Gasteiger partial charge in [-0.2, -0.15) is 0 Å². The summed E-state index contributed by atoms with van der Waals surface area (Å²) in [6.45, 7) is 1.41. The van der Waals surface area contributed by atoms with Gasteiger partial charge in [0.2, 0.25) is 0 Å². The third-order valence-corrected chi connectivity index (χ3v) is 3.57. The molecule has 0 bridgehead atoms. The fourth-order valence-electron chi connectivity index (χ4n) is 2.46. The molecule has 0 saturated heterocycles. The third kappa shape index (κ3) is 2.24. The molecule has 2 N–H and O–H groups in total. The van der Waals surface area contributed by atoms with Crippen molar-refractivity contribution >= 4 is 11.6 Å². The summed E-state index contributed by atoms with van der Waals surface area (Å²) in [5.41, 5.74) is 6.91. The molecule has 1 amide bonds. The number of carbonyl (C=O) groups excluding carboxylic acids is 1. The standard InChI is InChI=1S/C14H17N5O/c1-18(14(20)10-4-6-11(15)7-5-10)9-13-17-16-12-3-2-8-19(12)13/h4-7H,2-3,8-9,15H2,1H3. The summed E-state index contributed by atoms with van der Waals surface area (Å²) in [6, 6.07) is 6.94. The lowest BCUT2D eigenvalue weighted by molar-refractivity contribution is 0.0780. The van der Waals surface area contributed by atoms with E-state index in [4.69, 9.17) is 5.73 Å². The minimum absolute atomic E-state index is 0.0413. The highest BCUT2D eigenvalue weighted by atomic mass is 16.2. The minimum Gasteiger partial charge on any atom is -0.399 e. The van der Waals surface area contributed by atoms with Crippen molar-refractivity contribution in [3.05, 3.63) is 41.5 Å². The van der Waals surface area contributed by atoms with Gasteiger partial charge in [0.25, 0.3) is 5.91 Å². The van der Waals surface area contributed by atoms with Gasteiger partial charge in [-0.15, -0.1) is 10.2 Å². The zero-order valence-electron chi connectivity index (χ0n) is 11.4. The quantitative estimate of drug-likeness (QED) is 0.847. The van der Waals surface area contributed by atoms with Gasteiger partial charge < -0.3 is 15.2 Å². The molecule has 2 heterocycles. The molecule has 1 aliphatic heterocycles. The number of benzene rings is 1. The Bertz CT molecular complexity index is 632. The van der Waals surface area contributed by atoms with Gasteiger partial charge in [-0.3, -0.25) is 4.79 Å². The van der Waals surface area contributed by atoms with Gasteiger partial charge in [-0.25, -0.2) is 0 Å². The maximum Gasteiger partial charge on any atom is 0.254 e. The van der Waals surface area contributed by atoms with Crippen LogP contribution in [-0.4, -0.2) is 32.6 Å². The second-order valence-electron chi connectivity index (χ2n) is 5.07. The maximum atomic E-state index is 12.3. The number of anilines is 1. The molecule has 0 aliphatic carbocycles. The van der Waals surface area contributed by atoms with Gasteiger partial charge in [0.15, 0.2) is 5.82 Å². The van der Waals surface area contributed by atoms with Crippen molar-refractivity contribution in [3.63, 3.8) is 0 Å². The summed E-state index contributed by atoms with van der Waals surface area (Å²) in [5, 5.41) is 8.32. The van der Waals surface area contributed by atoms with Crippen LogP contribution in [0.5, 0.6) is 0 Å². The molecule has 0 saturated carbocycles. The topological polar surface area (TPSA) is 77.0 Å². The summed E-state index contributed by atoms with van der Waals surface area (Å²) >= 11 is 0. The van der Waals surface area contributed by atoms with E-state index < -0.39 is 0 Å². The highest BCUT2D eigenvalue weighted by molar-refractivity contribution is 5.94. The van der Waals surface area contributed by atoms with Crippen LogP contribution in [0, 0.1) is 0 Å². The van der Waals surface area contributed by atoms with Crippen molar-refractivity contribution < 1.29 is 4.79 Å². The van der Waals surface area contributed by atoms with Crippen molar-refractivity contribution in [2.45, 2.75) is 25.9 Å². The molecule has 20 heavy (non-hydrogen) atoms. The van der Waals surface area contributed by atoms with E-state index in [0.717, 1.165) is 31.0 Å². The fourth-order valence-corrected chi connectivity index (χ4v) is 2.46. The Morgan fingerprint density at radius 3 is 2.85 bits per heavy atom. The predicted molar refractivity (Wildman–Crippen MR) is 75.0 cm³/mol. The van der Waals surface area contributed by atoms with Gasteiger partial charge in [0.1, 0.15) is 5.82 Å². The van der Waals surface area contributed by atoms with E-state index in [1.54, 1.807) is 36.2 Å². The minimum atomic E-state index is -0.0413. The number of aromatic nitrogens is 3. The SMILES string of the molecule is CN(Cc1nnc2n1CCC2)C(=O)c1ccc(N)cc1. The maximum absolute atomic E-state index is 12.3. The summed E-state index contributed by atoms with van der Waals surface area (Å²) in [6.07, 6.45) is 2.08. The van der Waals surface area contributed by atoms with Gasteiger partial charge in [-0.05, 0) is 30.7 Å². The van der Waals surface area contributed by atoms with Crippen LogP contribution >= 0.6 is 0 Å². The van der Waals surface area contributed by atoms with Crippen molar-refractivity contribution in [1.82, 2.24) is 19.7 Å². The molecule has 0 unspecified atom stereocenters. The zero-order valence-corrected chi connectivity index (χ0v) is 11.4. The van der Waals surface area contributed by atoms with Crippen LogP contribution in [0.1, 0.15) is 28.4 Å². The first-order valence-electron chi connectivity index (χ1n) is 6.67. The Morgan fingerprint density at radius 2 is 2.10 bits per heavy atom. The predicted octanol–water partition coefficient (Wildman–Crippen LogP) is 1.08. The van der Waals surface area contributed by atoms with E-state index in [1.165, 1.54) is 0 Å². The van der Waals surface area contributed by atoms with Gasteiger partial charge in [0.05, 0.1) is 6.54 Å². The average Bonchev–Trinajstić information content (AvgIpc) is 3.04. The first kappa shape index (κ1) is 12.7. The highest BCUT2D eigenvalue weighted by Gasteiger charge is 2.20. The van der Waals surface area contributed by atoms with Crippen LogP contribution in [0.2, 0.25) is 0 Å². The van der Waals surface area contributed by atoms with E-state index in [1.807, 2.05) is 0 Å². The van der Waals surface area contributed by atoms with Crippen LogP contribution in [-0.2, 0) is 19.5 Å². The number of aryl methyl sites for hydroxylation is 1. The van der Waals surface area contributed by atoms with Crippen LogP contribution < -0.4 is 5.73 Å². The molecule has 3 rings (SSSR count). The Morgan fingerprint density at radius 1 is 1.35 bits per heavy atom. The van der Waals surface area contributed by atoms with E-state index in [0.29, 0.717) is 17.8 Å². The van der Waals surface area contributed by atoms with Crippen LogP contribution in [0.3, 0.4) is 0 Å². The van der Waals surface area contributed by atoms with Crippen molar-refractivity contribution in [3.8, 4) is 0 Å². The molecule has 1 aromatic carbocycles. The highest BCUT2D eigenvalue weighted by Crippen LogP contribution is 2.16. The Hall–Kier alpha value is -2.37. The average molecular weight is 271 g/mol. The van der Waals surface area contributed by atoms with Gasteiger partial charge in [-0.1, -0.05) is 0 Å². The smallest absolute Gasteiger partial charge is 0.254 e. The van der Waals surface area contributed by atoms with Crippen LogP contribution in [0.15, 0.2) is 24.3 Å². The van der Waals surface area contributed by atoms with Gasteiger partial charge in [0, 0.05) is 31.3 Å². The zero-order chi connectivity index (χ0) is 14.1. The number of nitrogens with zero attached hydrogens (tertiary/aromatic N) is 4.